The third kappa shape index (κ3) is 6.77. The number of benzene rings is 3. The molecule has 1 N–H and O–H groups in total. The molecule has 32 heavy (non-hydrogen) atoms. The average molecular weight is 433 g/mol. The number of carbonyl (C=O) groups is 2. The number of nitrogens with one attached hydrogen (secondary N) is 1. The molecule has 0 bridgehead atoms. The lowest BCUT2D eigenvalue weighted by Crippen LogP contribution is -2.50. The molecule has 0 saturated heterocycles. The molecule has 4 nitrogen and oxygen atoms in total. The molecular weight excluding hydrogens is 403 g/mol. The quantitative estimate of drug-likeness (QED) is 0.512. The number of hydrogen-bond donors (Lipinski definition) is 1. The van der Waals surface area contributed by atoms with Crippen molar-refractivity contribution in [2.75, 3.05) is 6.54 Å². The topological polar surface area (TPSA) is 49.4 Å². The van der Waals surface area contributed by atoms with Gasteiger partial charge in [-0.15, -0.1) is 0 Å². The lowest BCUT2D eigenvalue weighted by molar-refractivity contribution is -0.141. The molecule has 2 amide bonds. The van der Waals surface area contributed by atoms with Crippen LogP contribution in [0.3, 0.4) is 0 Å². The van der Waals surface area contributed by atoms with Crippen molar-refractivity contribution in [3.63, 3.8) is 0 Å². The first-order valence-electron chi connectivity index (χ1n) is 11.0. The van der Waals surface area contributed by atoms with Gasteiger partial charge in [0.1, 0.15) is 11.9 Å². The average Bonchev–Trinajstić information content (AvgIpc) is 2.83. The van der Waals surface area contributed by atoms with E-state index in [4.69, 9.17) is 0 Å². The van der Waals surface area contributed by atoms with E-state index in [0.29, 0.717) is 19.4 Å². The molecular formula is C27H29FN2O2. The van der Waals surface area contributed by atoms with Crippen LogP contribution in [0.25, 0.3) is 0 Å². The molecule has 0 aliphatic carbocycles. The maximum atomic E-state index is 13.4. The third-order valence-electron chi connectivity index (χ3n) is 5.40. The molecule has 0 saturated carbocycles. The predicted molar refractivity (Wildman–Crippen MR) is 124 cm³/mol. The second-order valence-corrected chi connectivity index (χ2v) is 7.73. The van der Waals surface area contributed by atoms with E-state index in [1.807, 2.05) is 60.7 Å². The van der Waals surface area contributed by atoms with Crippen molar-refractivity contribution in [1.29, 1.82) is 0 Å². The number of nitrogens with zero attached hydrogens (tertiary/aromatic N) is 1. The zero-order chi connectivity index (χ0) is 22.8. The predicted octanol–water partition coefficient (Wildman–Crippen LogP) is 4.53. The number of halogens is 1. The summed E-state index contributed by atoms with van der Waals surface area (Å²) in [5.41, 5.74) is 2.90. The van der Waals surface area contributed by atoms with E-state index in [9.17, 15) is 14.0 Å². The summed E-state index contributed by atoms with van der Waals surface area (Å²) in [5, 5.41) is 3.01. The lowest BCUT2D eigenvalue weighted by atomic mass is 10.0. The van der Waals surface area contributed by atoms with Gasteiger partial charge in [0, 0.05) is 25.9 Å². The van der Waals surface area contributed by atoms with Crippen LogP contribution in [0.1, 0.15) is 30.0 Å². The normalized spacial score (nSPS) is 11.6. The highest BCUT2D eigenvalue weighted by atomic mass is 19.1. The summed E-state index contributed by atoms with van der Waals surface area (Å²) in [4.78, 5) is 27.8. The first-order valence-corrected chi connectivity index (χ1v) is 11.0. The second-order valence-electron chi connectivity index (χ2n) is 7.73. The van der Waals surface area contributed by atoms with E-state index in [1.165, 1.54) is 12.1 Å². The highest BCUT2D eigenvalue weighted by molar-refractivity contribution is 5.88. The Hall–Kier alpha value is -3.47. The van der Waals surface area contributed by atoms with Gasteiger partial charge in [0.15, 0.2) is 0 Å². The summed E-state index contributed by atoms with van der Waals surface area (Å²) in [6.07, 6.45) is 1.40. The van der Waals surface area contributed by atoms with Crippen LogP contribution in [0, 0.1) is 5.82 Å². The monoisotopic (exact) mass is 432 g/mol. The lowest BCUT2D eigenvalue weighted by Gasteiger charge is -2.31. The van der Waals surface area contributed by atoms with Gasteiger partial charge in [0.2, 0.25) is 11.8 Å². The Labute approximate surface area is 189 Å². The van der Waals surface area contributed by atoms with Crippen LogP contribution in [0.4, 0.5) is 4.39 Å². The molecule has 0 aromatic heterocycles. The molecule has 166 valence electrons. The molecule has 0 aliphatic rings. The van der Waals surface area contributed by atoms with Crippen molar-refractivity contribution < 1.29 is 14.0 Å². The van der Waals surface area contributed by atoms with Gasteiger partial charge < -0.3 is 10.2 Å². The Morgan fingerprint density at radius 2 is 1.44 bits per heavy atom. The van der Waals surface area contributed by atoms with Crippen molar-refractivity contribution in [2.24, 2.45) is 0 Å². The largest absolute Gasteiger partial charge is 0.354 e. The minimum absolute atomic E-state index is 0.117. The molecule has 0 spiro atoms. The Morgan fingerprint density at radius 3 is 2.03 bits per heavy atom. The van der Waals surface area contributed by atoms with Crippen molar-refractivity contribution >= 4 is 11.8 Å². The highest BCUT2D eigenvalue weighted by Crippen LogP contribution is 2.16. The van der Waals surface area contributed by atoms with Gasteiger partial charge in [0.25, 0.3) is 0 Å². The molecule has 1 unspecified atom stereocenters. The minimum atomic E-state index is -0.661. The summed E-state index contributed by atoms with van der Waals surface area (Å²) in [5.74, 6) is -0.635. The SMILES string of the molecule is CCC(=O)N(Cc1ccc(F)cc1)C(Cc1ccccc1)C(=O)NCCc1ccccc1. The van der Waals surface area contributed by atoms with Crippen molar-refractivity contribution in [3.8, 4) is 0 Å². The molecule has 5 heteroatoms. The van der Waals surface area contributed by atoms with Crippen LogP contribution in [0.2, 0.25) is 0 Å². The van der Waals surface area contributed by atoms with Gasteiger partial charge in [-0.25, -0.2) is 4.39 Å². The summed E-state index contributed by atoms with van der Waals surface area (Å²) in [6, 6.07) is 25.0. The standard InChI is InChI=1S/C27H29FN2O2/c1-2-26(31)30(20-23-13-15-24(28)16-14-23)25(19-22-11-7-4-8-12-22)27(32)29-18-17-21-9-5-3-6-10-21/h3-16,25H,2,17-20H2,1H3,(H,29,32). The fraction of sp³-hybridized carbons (Fsp3) is 0.259. The fourth-order valence-corrected chi connectivity index (χ4v) is 3.64. The molecule has 0 aliphatic heterocycles. The van der Waals surface area contributed by atoms with Crippen molar-refractivity contribution in [2.45, 2.75) is 38.8 Å². The van der Waals surface area contributed by atoms with Gasteiger partial charge in [-0.3, -0.25) is 9.59 Å². The van der Waals surface area contributed by atoms with E-state index in [-0.39, 0.29) is 30.6 Å². The van der Waals surface area contributed by atoms with Crippen LogP contribution in [-0.2, 0) is 29.0 Å². The molecule has 3 aromatic rings. The second kappa shape index (κ2) is 11.8. The van der Waals surface area contributed by atoms with E-state index in [1.54, 1.807) is 24.0 Å². The van der Waals surface area contributed by atoms with E-state index in [0.717, 1.165) is 16.7 Å². The fourth-order valence-electron chi connectivity index (χ4n) is 3.64. The Balaban J connectivity index is 1.79. The zero-order valence-corrected chi connectivity index (χ0v) is 18.3. The molecule has 3 rings (SSSR count). The molecule has 1 atom stereocenters. The van der Waals surface area contributed by atoms with Gasteiger partial charge in [-0.2, -0.15) is 0 Å². The molecule has 0 radical (unpaired) electrons. The number of carbonyl (C=O) groups excluding carboxylic acids is 2. The van der Waals surface area contributed by atoms with Crippen LogP contribution < -0.4 is 5.32 Å². The van der Waals surface area contributed by atoms with Gasteiger partial charge in [0.05, 0.1) is 0 Å². The van der Waals surface area contributed by atoms with Crippen LogP contribution in [0.15, 0.2) is 84.9 Å². The Morgan fingerprint density at radius 1 is 0.844 bits per heavy atom. The molecule has 3 aromatic carbocycles. The summed E-state index contributed by atoms with van der Waals surface area (Å²) >= 11 is 0. The van der Waals surface area contributed by atoms with Gasteiger partial charge in [-0.05, 0) is 35.2 Å². The maximum Gasteiger partial charge on any atom is 0.243 e. The number of rotatable bonds is 10. The Kier molecular flexibility index (Phi) is 8.55. The van der Waals surface area contributed by atoms with Gasteiger partial charge in [-0.1, -0.05) is 79.7 Å². The summed E-state index contributed by atoms with van der Waals surface area (Å²) in [6.45, 7) is 2.52. The van der Waals surface area contributed by atoms with E-state index >= 15 is 0 Å². The molecule has 0 heterocycles. The van der Waals surface area contributed by atoms with Crippen LogP contribution in [-0.4, -0.2) is 29.3 Å². The van der Waals surface area contributed by atoms with E-state index in [2.05, 4.69) is 5.32 Å². The minimum Gasteiger partial charge on any atom is -0.354 e. The first-order chi connectivity index (χ1) is 15.6. The smallest absolute Gasteiger partial charge is 0.243 e. The van der Waals surface area contributed by atoms with Crippen molar-refractivity contribution in [3.05, 3.63) is 107 Å². The zero-order valence-electron chi connectivity index (χ0n) is 18.3. The summed E-state index contributed by atoms with van der Waals surface area (Å²) in [7, 11) is 0. The highest BCUT2D eigenvalue weighted by Gasteiger charge is 2.29. The number of hydrogen-bond acceptors (Lipinski definition) is 2. The van der Waals surface area contributed by atoms with Crippen LogP contribution >= 0.6 is 0 Å². The van der Waals surface area contributed by atoms with Crippen LogP contribution in [0.5, 0.6) is 0 Å². The van der Waals surface area contributed by atoms with Crippen molar-refractivity contribution in [1.82, 2.24) is 10.2 Å². The molecule has 0 fully saturated rings. The summed E-state index contributed by atoms with van der Waals surface area (Å²) < 4.78 is 13.4. The maximum absolute atomic E-state index is 13.4. The van der Waals surface area contributed by atoms with Gasteiger partial charge >= 0.3 is 0 Å². The van der Waals surface area contributed by atoms with E-state index < -0.39 is 6.04 Å². The Bertz CT molecular complexity index is 991. The third-order valence-corrected chi connectivity index (χ3v) is 5.40. The number of amides is 2. The first kappa shape index (κ1) is 23.2.